The molecule has 0 saturated heterocycles. The normalized spacial score (nSPS) is 11.8. The zero-order valence-electron chi connectivity index (χ0n) is 9.56. The van der Waals surface area contributed by atoms with Crippen LogP contribution in [0.3, 0.4) is 0 Å². The highest BCUT2D eigenvalue weighted by Gasteiger charge is 2.15. The Labute approximate surface area is 104 Å². The highest BCUT2D eigenvalue weighted by Crippen LogP contribution is 2.17. The van der Waals surface area contributed by atoms with Gasteiger partial charge < -0.3 is 10.4 Å². The maximum atomic E-state index is 13.2. The Kier molecular flexibility index (Phi) is 4.89. The maximum absolute atomic E-state index is 13.2. The smallest absolute Gasteiger partial charge is 0.137 e. The zero-order chi connectivity index (χ0) is 12.2. The van der Waals surface area contributed by atoms with Gasteiger partial charge in [0.2, 0.25) is 0 Å². The fourth-order valence-corrected chi connectivity index (χ4v) is 1.61. The van der Waals surface area contributed by atoms with Gasteiger partial charge in [0.05, 0.1) is 4.47 Å². The summed E-state index contributed by atoms with van der Waals surface area (Å²) in [5.74, 6) is -0.251. The van der Waals surface area contributed by atoms with E-state index in [1.165, 1.54) is 6.07 Å². The summed E-state index contributed by atoms with van der Waals surface area (Å²) in [7, 11) is 0. The summed E-state index contributed by atoms with van der Waals surface area (Å²) in [5.41, 5.74) is 0.755. The van der Waals surface area contributed by atoms with Crippen LogP contribution in [0.2, 0.25) is 0 Å². The number of halogens is 2. The first-order valence-corrected chi connectivity index (χ1v) is 6.04. The molecule has 0 heterocycles. The van der Waals surface area contributed by atoms with E-state index in [0.717, 1.165) is 5.56 Å². The van der Waals surface area contributed by atoms with E-state index in [-0.39, 0.29) is 18.0 Å². The first-order valence-electron chi connectivity index (χ1n) is 5.24. The number of benzene rings is 1. The molecule has 0 aliphatic rings. The fraction of sp³-hybridized carbons (Fsp3) is 0.500. The molecule has 16 heavy (non-hydrogen) atoms. The summed E-state index contributed by atoms with van der Waals surface area (Å²) in [6.45, 7) is 4.77. The molecule has 0 spiro atoms. The second kappa shape index (κ2) is 5.75. The Morgan fingerprint density at radius 2 is 2.12 bits per heavy atom. The number of aliphatic hydroxyl groups excluding tert-OH is 1. The number of hydrogen-bond donors (Lipinski definition) is 2. The molecule has 0 unspecified atom stereocenters. The van der Waals surface area contributed by atoms with Crippen LogP contribution in [0.15, 0.2) is 22.7 Å². The van der Waals surface area contributed by atoms with Crippen molar-refractivity contribution in [3.05, 3.63) is 34.1 Å². The summed E-state index contributed by atoms with van der Waals surface area (Å²) >= 11 is 3.12. The molecule has 0 amide bonds. The van der Waals surface area contributed by atoms with E-state index >= 15 is 0 Å². The first-order chi connectivity index (χ1) is 7.44. The number of hydrogen-bond acceptors (Lipinski definition) is 2. The summed E-state index contributed by atoms with van der Waals surface area (Å²) in [4.78, 5) is 0. The summed E-state index contributed by atoms with van der Waals surface area (Å²) in [5, 5.41) is 12.2. The van der Waals surface area contributed by atoms with Crippen LogP contribution in [0.25, 0.3) is 0 Å². The topological polar surface area (TPSA) is 32.3 Å². The van der Waals surface area contributed by atoms with Gasteiger partial charge in [-0.1, -0.05) is 6.07 Å². The predicted molar refractivity (Wildman–Crippen MR) is 66.7 cm³/mol. The van der Waals surface area contributed by atoms with E-state index < -0.39 is 0 Å². The van der Waals surface area contributed by atoms with Crippen LogP contribution in [-0.2, 0) is 6.54 Å². The monoisotopic (exact) mass is 289 g/mol. The lowest BCUT2D eigenvalue weighted by Crippen LogP contribution is -2.39. The van der Waals surface area contributed by atoms with Gasteiger partial charge in [-0.3, -0.25) is 0 Å². The third kappa shape index (κ3) is 4.20. The van der Waals surface area contributed by atoms with Crippen LogP contribution < -0.4 is 5.32 Å². The van der Waals surface area contributed by atoms with Crippen LogP contribution in [0.4, 0.5) is 4.39 Å². The summed E-state index contributed by atoms with van der Waals surface area (Å²) in [6.07, 6.45) is 0.673. The highest BCUT2D eigenvalue weighted by molar-refractivity contribution is 9.10. The van der Waals surface area contributed by atoms with Gasteiger partial charge in [0.25, 0.3) is 0 Å². The van der Waals surface area contributed by atoms with Crippen molar-refractivity contribution >= 4 is 15.9 Å². The molecule has 0 aromatic heterocycles. The van der Waals surface area contributed by atoms with Crippen molar-refractivity contribution in [2.45, 2.75) is 32.4 Å². The molecule has 90 valence electrons. The van der Waals surface area contributed by atoms with Gasteiger partial charge in [0.15, 0.2) is 0 Å². The second-order valence-corrected chi connectivity index (χ2v) is 5.31. The molecule has 2 N–H and O–H groups in total. The maximum Gasteiger partial charge on any atom is 0.137 e. The molecule has 0 saturated carbocycles. The molecule has 1 rings (SSSR count). The Morgan fingerprint density at radius 1 is 1.44 bits per heavy atom. The van der Waals surface area contributed by atoms with Gasteiger partial charge in [-0.25, -0.2) is 4.39 Å². The number of nitrogens with one attached hydrogen (secondary N) is 1. The average Bonchev–Trinajstić information content (AvgIpc) is 2.20. The predicted octanol–water partition coefficient (Wildman–Crippen LogP) is 2.84. The molecule has 0 aliphatic carbocycles. The lowest BCUT2D eigenvalue weighted by molar-refractivity contribution is 0.230. The van der Waals surface area contributed by atoms with Crippen molar-refractivity contribution in [3.8, 4) is 0 Å². The fourth-order valence-electron chi connectivity index (χ4n) is 1.36. The van der Waals surface area contributed by atoms with E-state index in [0.29, 0.717) is 17.4 Å². The van der Waals surface area contributed by atoms with Crippen LogP contribution in [0.1, 0.15) is 25.8 Å². The molecule has 1 aromatic rings. The first kappa shape index (κ1) is 13.6. The van der Waals surface area contributed by atoms with Crippen LogP contribution in [0, 0.1) is 5.82 Å². The van der Waals surface area contributed by atoms with Gasteiger partial charge in [-0.05, 0) is 53.9 Å². The van der Waals surface area contributed by atoms with E-state index in [9.17, 15) is 4.39 Å². The van der Waals surface area contributed by atoms with Crippen LogP contribution in [0.5, 0.6) is 0 Å². The van der Waals surface area contributed by atoms with Crippen molar-refractivity contribution < 1.29 is 9.50 Å². The quantitative estimate of drug-likeness (QED) is 0.874. The Bertz CT molecular complexity index is 355. The molecule has 0 bridgehead atoms. The van der Waals surface area contributed by atoms with Crippen molar-refractivity contribution in [3.63, 3.8) is 0 Å². The van der Waals surface area contributed by atoms with Crippen LogP contribution in [-0.4, -0.2) is 17.3 Å². The zero-order valence-corrected chi connectivity index (χ0v) is 11.1. The average molecular weight is 290 g/mol. The van der Waals surface area contributed by atoms with Gasteiger partial charge in [-0.15, -0.1) is 0 Å². The third-order valence-corrected chi connectivity index (χ3v) is 3.13. The standard InChI is InChI=1S/C12H17BrFNO/c1-12(2,5-6-16)15-8-9-3-4-10(13)11(14)7-9/h3-4,7,15-16H,5-6,8H2,1-2H3. The van der Waals surface area contributed by atoms with E-state index in [1.807, 2.05) is 19.9 Å². The lowest BCUT2D eigenvalue weighted by Gasteiger charge is -2.25. The van der Waals surface area contributed by atoms with E-state index in [1.54, 1.807) is 6.07 Å². The molecule has 0 fully saturated rings. The van der Waals surface area contributed by atoms with Gasteiger partial charge in [-0.2, -0.15) is 0 Å². The molecule has 0 aliphatic heterocycles. The lowest BCUT2D eigenvalue weighted by atomic mass is 10.0. The molecule has 2 nitrogen and oxygen atoms in total. The molecule has 0 atom stereocenters. The van der Waals surface area contributed by atoms with Crippen molar-refractivity contribution in [1.29, 1.82) is 0 Å². The summed E-state index contributed by atoms with van der Waals surface area (Å²) < 4.78 is 13.7. The molecule has 1 aromatic carbocycles. The van der Waals surface area contributed by atoms with Crippen molar-refractivity contribution in [2.75, 3.05) is 6.61 Å². The minimum absolute atomic E-state index is 0.141. The Balaban J connectivity index is 2.57. The SMILES string of the molecule is CC(C)(CCO)NCc1ccc(Br)c(F)c1. The minimum atomic E-state index is -0.251. The van der Waals surface area contributed by atoms with Gasteiger partial charge >= 0.3 is 0 Å². The molecule has 0 radical (unpaired) electrons. The molecular formula is C12H17BrFNO. The largest absolute Gasteiger partial charge is 0.396 e. The Morgan fingerprint density at radius 3 is 2.69 bits per heavy atom. The van der Waals surface area contributed by atoms with E-state index in [4.69, 9.17) is 5.11 Å². The second-order valence-electron chi connectivity index (χ2n) is 4.46. The molecular weight excluding hydrogens is 273 g/mol. The van der Waals surface area contributed by atoms with Gasteiger partial charge in [0, 0.05) is 18.7 Å². The minimum Gasteiger partial charge on any atom is -0.396 e. The van der Waals surface area contributed by atoms with Crippen molar-refractivity contribution in [1.82, 2.24) is 5.32 Å². The number of aliphatic hydroxyl groups is 1. The Hall–Kier alpha value is -0.450. The number of rotatable bonds is 5. The third-order valence-electron chi connectivity index (χ3n) is 2.49. The van der Waals surface area contributed by atoms with Gasteiger partial charge in [0.1, 0.15) is 5.82 Å². The molecule has 4 heteroatoms. The highest BCUT2D eigenvalue weighted by atomic mass is 79.9. The summed E-state index contributed by atoms with van der Waals surface area (Å²) in [6, 6.07) is 5.08. The van der Waals surface area contributed by atoms with Crippen molar-refractivity contribution in [2.24, 2.45) is 0 Å². The van der Waals surface area contributed by atoms with Crippen LogP contribution >= 0.6 is 15.9 Å². The van der Waals surface area contributed by atoms with E-state index in [2.05, 4.69) is 21.2 Å².